The lowest BCUT2D eigenvalue weighted by Gasteiger charge is -2.01. The lowest BCUT2D eigenvalue weighted by atomic mass is 10.1. The summed E-state index contributed by atoms with van der Waals surface area (Å²) in [4.78, 5) is 3.80. The molecule has 96 valence electrons. The quantitative estimate of drug-likeness (QED) is 0.858. The number of aromatic amines is 1. The highest BCUT2D eigenvalue weighted by atomic mass is 35.7. The zero-order valence-corrected chi connectivity index (χ0v) is 11.0. The fraction of sp³-hybridized carbons (Fsp3) is 0.200. The van der Waals surface area contributed by atoms with Crippen LogP contribution in [-0.2, 0) is 15.5 Å². The van der Waals surface area contributed by atoms with E-state index in [2.05, 4.69) is 15.2 Å². The average molecular weight is 288 g/mol. The summed E-state index contributed by atoms with van der Waals surface area (Å²) in [6, 6.07) is 7.34. The van der Waals surface area contributed by atoms with Gasteiger partial charge in [-0.25, -0.2) is 13.4 Å². The van der Waals surface area contributed by atoms with Gasteiger partial charge in [0.25, 0.3) is 14.2 Å². The molecule has 0 unspecified atom stereocenters. The second-order valence-electron chi connectivity index (χ2n) is 3.53. The van der Waals surface area contributed by atoms with Crippen LogP contribution in [-0.4, -0.2) is 30.7 Å². The lowest BCUT2D eigenvalue weighted by Crippen LogP contribution is -1.94. The van der Waals surface area contributed by atoms with E-state index in [-0.39, 0.29) is 0 Å². The molecule has 6 nitrogen and oxygen atoms in total. The van der Waals surface area contributed by atoms with E-state index in [0.29, 0.717) is 12.2 Å². The number of rotatable bonds is 4. The summed E-state index contributed by atoms with van der Waals surface area (Å²) < 4.78 is 27.0. The number of halogens is 1. The molecule has 1 N–H and O–H groups in total. The maximum atomic E-state index is 11.0. The molecule has 0 fully saturated rings. The predicted octanol–water partition coefficient (Wildman–Crippen LogP) is 1.33. The Balaban J connectivity index is 2.16. The maximum Gasteiger partial charge on any atom is 0.298 e. The van der Waals surface area contributed by atoms with E-state index >= 15 is 0 Å². The molecule has 1 aromatic carbocycles. The molecule has 0 saturated carbocycles. The minimum absolute atomic E-state index is 0.410. The molecule has 2 aromatic rings. The van der Waals surface area contributed by atoms with Crippen molar-refractivity contribution in [1.29, 1.82) is 0 Å². The molecule has 0 aliphatic carbocycles. The second-order valence-corrected chi connectivity index (χ2v) is 5.99. The van der Waals surface area contributed by atoms with Crippen LogP contribution >= 0.6 is 10.7 Å². The van der Waals surface area contributed by atoms with Gasteiger partial charge >= 0.3 is 0 Å². The molecule has 0 atom stereocenters. The molecule has 1 heterocycles. The van der Waals surface area contributed by atoms with Crippen molar-refractivity contribution in [2.45, 2.75) is 11.6 Å². The molecular weight excluding hydrogens is 278 g/mol. The van der Waals surface area contributed by atoms with Gasteiger partial charge in [-0.15, -0.1) is 5.10 Å². The van der Waals surface area contributed by atoms with Gasteiger partial charge in [-0.1, -0.05) is 12.1 Å². The number of hydrogen-bond acceptors (Lipinski definition) is 5. The zero-order chi connectivity index (χ0) is 13.2. The molecule has 2 rings (SSSR count). The van der Waals surface area contributed by atoms with Gasteiger partial charge in [0.05, 0.1) is 7.11 Å². The first-order valence-electron chi connectivity index (χ1n) is 4.98. The normalized spacial score (nSPS) is 11.4. The van der Waals surface area contributed by atoms with Crippen LogP contribution in [0.4, 0.5) is 0 Å². The van der Waals surface area contributed by atoms with E-state index in [1.807, 2.05) is 24.3 Å². The van der Waals surface area contributed by atoms with Gasteiger partial charge in [-0.2, -0.15) is 0 Å². The van der Waals surface area contributed by atoms with Crippen LogP contribution in [0.15, 0.2) is 29.4 Å². The predicted molar refractivity (Wildman–Crippen MR) is 65.2 cm³/mol. The van der Waals surface area contributed by atoms with E-state index < -0.39 is 14.2 Å². The van der Waals surface area contributed by atoms with Crippen LogP contribution in [0.25, 0.3) is 0 Å². The third-order valence-corrected chi connectivity index (χ3v) is 3.29. The molecule has 0 aliphatic rings. The number of aromatic nitrogens is 3. The highest BCUT2D eigenvalue weighted by Gasteiger charge is 2.16. The van der Waals surface area contributed by atoms with Gasteiger partial charge in [0.15, 0.2) is 0 Å². The van der Waals surface area contributed by atoms with Crippen LogP contribution in [0.1, 0.15) is 11.4 Å². The molecule has 0 spiro atoms. The van der Waals surface area contributed by atoms with Crippen LogP contribution < -0.4 is 4.74 Å². The first-order chi connectivity index (χ1) is 8.49. The van der Waals surface area contributed by atoms with Crippen molar-refractivity contribution in [2.75, 3.05) is 7.11 Å². The van der Waals surface area contributed by atoms with E-state index in [1.165, 1.54) is 0 Å². The Hall–Kier alpha value is -1.60. The summed E-state index contributed by atoms with van der Waals surface area (Å²) in [7, 11) is 2.83. The summed E-state index contributed by atoms with van der Waals surface area (Å²) in [6.45, 7) is 0. The summed E-state index contributed by atoms with van der Waals surface area (Å²) in [6.07, 6.45) is 0.434. The number of ether oxygens (including phenoxy) is 1. The molecule has 0 saturated heterocycles. The summed E-state index contributed by atoms with van der Waals surface area (Å²) in [5.41, 5.74) is 0.950. The minimum Gasteiger partial charge on any atom is -0.497 e. The Morgan fingerprint density at radius 2 is 2.00 bits per heavy atom. The number of benzene rings is 1. The fourth-order valence-electron chi connectivity index (χ4n) is 1.40. The van der Waals surface area contributed by atoms with Crippen molar-refractivity contribution in [3.8, 4) is 5.75 Å². The highest BCUT2D eigenvalue weighted by Crippen LogP contribution is 2.14. The van der Waals surface area contributed by atoms with Crippen LogP contribution in [0, 0.1) is 0 Å². The van der Waals surface area contributed by atoms with Crippen LogP contribution in [0.2, 0.25) is 0 Å². The zero-order valence-electron chi connectivity index (χ0n) is 9.42. The summed E-state index contributed by atoms with van der Waals surface area (Å²) in [5.74, 6) is 1.18. The standard InChI is InChI=1S/C10H10ClN3O3S/c1-17-8-4-2-7(3-5-8)6-9-12-10(14-13-9)18(11,15)16/h2-5H,6H2,1H3,(H,12,13,14). The van der Waals surface area contributed by atoms with E-state index in [9.17, 15) is 8.42 Å². The summed E-state index contributed by atoms with van der Waals surface area (Å²) in [5, 5.41) is 5.66. The fourth-order valence-corrected chi connectivity index (χ4v) is 1.98. The largest absolute Gasteiger partial charge is 0.497 e. The Kier molecular flexibility index (Phi) is 3.53. The number of nitrogens with zero attached hydrogens (tertiary/aromatic N) is 2. The van der Waals surface area contributed by atoms with Crippen molar-refractivity contribution in [2.24, 2.45) is 0 Å². The van der Waals surface area contributed by atoms with Crippen molar-refractivity contribution >= 4 is 19.7 Å². The Morgan fingerprint density at radius 3 is 2.50 bits per heavy atom. The molecule has 0 aliphatic heterocycles. The Morgan fingerprint density at radius 1 is 1.33 bits per heavy atom. The highest BCUT2D eigenvalue weighted by molar-refractivity contribution is 8.13. The smallest absolute Gasteiger partial charge is 0.298 e. The molecular formula is C10H10ClN3O3S. The minimum atomic E-state index is -3.89. The van der Waals surface area contributed by atoms with E-state index in [0.717, 1.165) is 11.3 Å². The molecule has 0 bridgehead atoms. The number of H-pyrrole nitrogens is 1. The molecule has 0 amide bonds. The van der Waals surface area contributed by atoms with Crippen molar-refractivity contribution in [3.05, 3.63) is 35.7 Å². The van der Waals surface area contributed by atoms with Gasteiger partial charge in [0.1, 0.15) is 11.6 Å². The topological polar surface area (TPSA) is 84.9 Å². The van der Waals surface area contributed by atoms with Gasteiger partial charge in [0.2, 0.25) is 0 Å². The first kappa shape index (κ1) is 12.8. The third kappa shape index (κ3) is 2.99. The third-order valence-electron chi connectivity index (χ3n) is 2.26. The van der Waals surface area contributed by atoms with Gasteiger partial charge in [-0.05, 0) is 17.7 Å². The van der Waals surface area contributed by atoms with Gasteiger partial charge < -0.3 is 4.74 Å². The van der Waals surface area contributed by atoms with Crippen LogP contribution in [0.5, 0.6) is 5.75 Å². The Bertz CT molecular complexity index is 637. The Labute approximate surface area is 108 Å². The first-order valence-corrected chi connectivity index (χ1v) is 7.29. The number of nitrogens with one attached hydrogen (secondary N) is 1. The average Bonchev–Trinajstić information content (AvgIpc) is 2.78. The maximum absolute atomic E-state index is 11.0. The van der Waals surface area contributed by atoms with Crippen molar-refractivity contribution < 1.29 is 13.2 Å². The second kappa shape index (κ2) is 4.95. The molecule has 18 heavy (non-hydrogen) atoms. The van der Waals surface area contributed by atoms with Crippen LogP contribution in [0.3, 0.4) is 0 Å². The molecule has 1 aromatic heterocycles. The lowest BCUT2D eigenvalue weighted by molar-refractivity contribution is 0.414. The summed E-state index contributed by atoms with van der Waals surface area (Å²) >= 11 is 0. The molecule has 8 heteroatoms. The monoisotopic (exact) mass is 287 g/mol. The SMILES string of the molecule is COc1ccc(Cc2nc(S(=O)(=O)Cl)n[nH]2)cc1. The number of methoxy groups -OCH3 is 1. The van der Waals surface area contributed by atoms with Gasteiger partial charge in [-0.3, -0.25) is 5.10 Å². The van der Waals surface area contributed by atoms with Crippen molar-refractivity contribution in [1.82, 2.24) is 15.2 Å². The van der Waals surface area contributed by atoms with Gasteiger partial charge in [0, 0.05) is 17.1 Å². The van der Waals surface area contributed by atoms with E-state index in [1.54, 1.807) is 7.11 Å². The molecule has 0 radical (unpaired) electrons. The number of hydrogen-bond donors (Lipinski definition) is 1. The van der Waals surface area contributed by atoms with E-state index in [4.69, 9.17) is 15.4 Å². The van der Waals surface area contributed by atoms with Crippen molar-refractivity contribution in [3.63, 3.8) is 0 Å².